The van der Waals surface area contributed by atoms with Gasteiger partial charge in [-0.05, 0) is 30.9 Å². The van der Waals surface area contributed by atoms with Crippen LogP contribution >= 0.6 is 12.6 Å². The number of aromatic nitrogens is 3. The first-order valence-electron chi connectivity index (χ1n) is 9.96. The number of piperidine rings is 1. The van der Waals surface area contributed by atoms with Crippen LogP contribution in [0.5, 0.6) is 0 Å². The highest BCUT2D eigenvalue weighted by atomic mass is 32.1. The number of thiol groups is 1. The van der Waals surface area contributed by atoms with E-state index in [-0.39, 0.29) is 28.5 Å². The van der Waals surface area contributed by atoms with Crippen molar-refractivity contribution < 1.29 is 19.1 Å². The molecule has 2 atom stereocenters. The maximum Gasteiger partial charge on any atom is 0.358 e. The van der Waals surface area contributed by atoms with Gasteiger partial charge in [-0.25, -0.2) is 9.18 Å². The van der Waals surface area contributed by atoms with Crippen molar-refractivity contribution in [3.05, 3.63) is 59.2 Å². The first kappa shape index (κ1) is 20.7. The van der Waals surface area contributed by atoms with Crippen LogP contribution in [0.15, 0.2) is 42.1 Å². The first-order chi connectivity index (χ1) is 14.4. The molecule has 1 aromatic heterocycles. The summed E-state index contributed by atoms with van der Waals surface area (Å²) in [6, 6.07) is 5.87. The van der Waals surface area contributed by atoms with Crippen LogP contribution in [-0.4, -0.2) is 55.1 Å². The molecule has 7 nitrogen and oxygen atoms in total. The molecule has 0 bridgehead atoms. The lowest BCUT2D eigenvalue weighted by atomic mass is 9.93. The van der Waals surface area contributed by atoms with Crippen LogP contribution in [0.3, 0.4) is 0 Å². The monoisotopic (exact) mass is 430 g/mol. The third kappa shape index (κ3) is 4.46. The standard InChI is InChI=1S/C21H23FN4O3S/c22-16-4-2-1-3-15(16)19(20(27)13-5-6-13)25-9-8-18(30)14(12-25)7-10-26-23-11-17(24-26)21(28)29/h1-4,7,11,13,18-19,30H,5-6,8-10,12H2,(H,28,29). The van der Waals surface area contributed by atoms with Gasteiger partial charge in [-0.1, -0.05) is 24.3 Å². The summed E-state index contributed by atoms with van der Waals surface area (Å²) in [5, 5.41) is 16.8. The fourth-order valence-electron chi connectivity index (χ4n) is 3.81. The van der Waals surface area contributed by atoms with Crippen molar-refractivity contribution in [2.75, 3.05) is 13.1 Å². The van der Waals surface area contributed by atoms with Crippen LogP contribution in [0.4, 0.5) is 4.39 Å². The summed E-state index contributed by atoms with van der Waals surface area (Å²) in [5.74, 6) is -1.40. The molecular formula is C21H23FN4O3S. The second kappa shape index (κ2) is 8.69. The Balaban J connectivity index is 1.55. The van der Waals surface area contributed by atoms with Crippen LogP contribution in [0.1, 0.15) is 41.4 Å². The normalized spacial score (nSPS) is 22.2. The number of Topliss-reactive ketones (excluding diaryl/α,β-unsaturated/α-hetero) is 1. The summed E-state index contributed by atoms with van der Waals surface area (Å²) in [4.78, 5) is 27.4. The van der Waals surface area contributed by atoms with E-state index < -0.39 is 12.0 Å². The highest BCUT2D eigenvalue weighted by Gasteiger charge is 2.40. The number of rotatable bonds is 7. The van der Waals surface area contributed by atoms with E-state index in [0.717, 1.165) is 24.8 Å². The van der Waals surface area contributed by atoms with Crippen molar-refractivity contribution in [3.63, 3.8) is 0 Å². The predicted octanol–water partition coefficient (Wildman–Crippen LogP) is 2.77. The number of halogens is 1. The molecule has 1 aliphatic carbocycles. The van der Waals surface area contributed by atoms with Crippen molar-refractivity contribution in [2.24, 2.45) is 5.92 Å². The van der Waals surface area contributed by atoms with Gasteiger partial charge in [0.05, 0.1) is 18.8 Å². The van der Waals surface area contributed by atoms with Crippen LogP contribution in [0.2, 0.25) is 0 Å². The summed E-state index contributed by atoms with van der Waals surface area (Å²) < 4.78 is 14.6. The molecule has 1 N–H and O–H groups in total. The summed E-state index contributed by atoms with van der Waals surface area (Å²) in [5.41, 5.74) is 1.30. The SMILES string of the molecule is O=C(O)c1cnn(CC=C2CN(C(C(=O)C3CC3)c3ccccc3F)CCC2S)n1. The molecule has 0 spiro atoms. The third-order valence-electron chi connectivity index (χ3n) is 5.59. The van der Waals surface area contributed by atoms with Gasteiger partial charge in [0, 0.05) is 29.8 Å². The Kier molecular flexibility index (Phi) is 6.01. The number of hydrogen-bond donors (Lipinski definition) is 2. The number of carboxylic acids is 1. The number of aromatic carboxylic acids is 1. The molecule has 158 valence electrons. The number of carbonyl (C=O) groups excluding carboxylic acids is 1. The van der Waals surface area contributed by atoms with Crippen LogP contribution < -0.4 is 0 Å². The maximum absolute atomic E-state index is 14.6. The molecule has 0 radical (unpaired) electrons. The molecule has 2 fully saturated rings. The zero-order chi connectivity index (χ0) is 21.3. The second-order valence-corrected chi connectivity index (χ2v) is 8.37. The molecule has 2 aliphatic rings. The van der Waals surface area contributed by atoms with Crippen LogP contribution in [0, 0.1) is 11.7 Å². The summed E-state index contributed by atoms with van der Waals surface area (Å²) in [6.45, 7) is 1.43. The van der Waals surface area contributed by atoms with E-state index in [2.05, 4.69) is 22.8 Å². The molecule has 9 heteroatoms. The highest BCUT2D eigenvalue weighted by molar-refractivity contribution is 7.81. The Morgan fingerprint density at radius 1 is 1.30 bits per heavy atom. The minimum atomic E-state index is -1.13. The highest BCUT2D eigenvalue weighted by Crippen LogP contribution is 2.39. The average molecular weight is 431 g/mol. The van der Waals surface area contributed by atoms with Crippen molar-refractivity contribution >= 4 is 24.4 Å². The molecule has 4 rings (SSSR count). The van der Waals surface area contributed by atoms with E-state index >= 15 is 0 Å². The number of likely N-dealkylation sites (tertiary alicyclic amines) is 1. The molecule has 0 amide bonds. The summed E-state index contributed by atoms with van der Waals surface area (Å²) in [6.07, 6.45) is 5.58. The molecule has 2 aromatic rings. The molecule has 1 aromatic carbocycles. The molecule has 2 unspecified atom stereocenters. The number of nitrogens with zero attached hydrogens (tertiary/aromatic N) is 4. The topological polar surface area (TPSA) is 88.3 Å². The quantitative estimate of drug-likeness (QED) is 0.519. The number of benzene rings is 1. The Hall–Kier alpha value is -2.52. The molecule has 30 heavy (non-hydrogen) atoms. The molecule has 1 saturated heterocycles. The summed E-state index contributed by atoms with van der Waals surface area (Å²) >= 11 is 4.66. The Bertz CT molecular complexity index is 988. The van der Waals surface area contributed by atoms with Crippen molar-refractivity contribution in [2.45, 2.75) is 37.1 Å². The smallest absolute Gasteiger partial charge is 0.358 e. The van der Waals surface area contributed by atoms with E-state index in [9.17, 15) is 14.0 Å². The Morgan fingerprint density at radius 3 is 2.73 bits per heavy atom. The van der Waals surface area contributed by atoms with Crippen molar-refractivity contribution in [1.29, 1.82) is 0 Å². The molecular weight excluding hydrogens is 407 g/mol. The number of ketones is 1. The van der Waals surface area contributed by atoms with Gasteiger partial charge >= 0.3 is 5.97 Å². The Morgan fingerprint density at radius 2 is 2.07 bits per heavy atom. The van der Waals surface area contributed by atoms with E-state index in [0.29, 0.717) is 25.2 Å². The van der Waals surface area contributed by atoms with Crippen molar-refractivity contribution in [1.82, 2.24) is 19.9 Å². The zero-order valence-corrected chi connectivity index (χ0v) is 17.2. The lowest BCUT2D eigenvalue weighted by Gasteiger charge is -2.37. The van der Waals surface area contributed by atoms with Gasteiger partial charge in [0.2, 0.25) is 0 Å². The average Bonchev–Trinajstić information content (AvgIpc) is 3.47. The maximum atomic E-state index is 14.6. The van der Waals surface area contributed by atoms with Crippen molar-refractivity contribution in [3.8, 4) is 0 Å². The van der Waals surface area contributed by atoms with Crippen LogP contribution in [0.25, 0.3) is 0 Å². The van der Waals surface area contributed by atoms with Gasteiger partial charge in [-0.2, -0.15) is 22.5 Å². The fraction of sp³-hybridized carbons (Fsp3) is 0.429. The minimum Gasteiger partial charge on any atom is -0.476 e. The number of allylic oxidation sites excluding steroid dienone is 1. The van der Waals surface area contributed by atoms with Gasteiger partial charge in [-0.3, -0.25) is 9.69 Å². The lowest BCUT2D eigenvalue weighted by molar-refractivity contribution is -0.126. The second-order valence-electron chi connectivity index (χ2n) is 7.74. The van der Waals surface area contributed by atoms with Gasteiger partial charge in [0.25, 0.3) is 0 Å². The predicted molar refractivity (Wildman–Crippen MR) is 111 cm³/mol. The number of hydrogen-bond acceptors (Lipinski definition) is 6. The molecule has 1 aliphatic heterocycles. The van der Waals surface area contributed by atoms with Gasteiger partial charge < -0.3 is 5.11 Å². The zero-order valence-electron chi connectivity index (χ0n) is 16.3. The van der Waals surface area contributed by atoms with E-state index in [1.54, 1.807) is 18.2 Å². The molecule has 1 saturated carbocycles. The Labute approximate surface area is 179 Å². The van der Waals surface area contributed by atoms with E-state index in [4.69, 9.17) is 5.11 Å². The van der Waals surface area contributed by atoms with Gasteiger partial charge in [-0.15, -0.1) is 5.10 Å². The fourth-order valence-corrected chi connectivity index (χ4v) is 4.12. The molecule has 2 heterocycles. The third-order valence-corrected chi connectivity index (χ3v) is 6.18. The lowest BCUT2D eigenvalue weighted by Crippen LogP contribution is -2.42. The van der Waals surface area contributed by atoms with E-state index in [1.165, 1.54) is 17.1 Å². The number of carbonyl (C=O) groups is 2. The van der Waals surface area contributed by atoms with Crippen LogP contribution in [-0.2, 0) is 11.3 Å². The number of carboxylic acid groups (broad SMARTS) is 1. The minimum absolute atomic E-state index is 0.00746. The van der Waals surface area contributed by atoms with Gasteiger partial charge in [0.15, 0.2) is 11.5 Å². The first-order valence-corrected chi connectivity index (χ1v) is 10.5. The van der Waals surface area contributed by atoms with Gasteiger partial charge in [0.1, 0.15) is 5.82 Å². The van der Waals surface area contributed by atoms with E-state index in [1.807, 2.05) is 11.0 Å². The summed E-state index contributed by atoms with van der Waals surface area (Å²) in [7, 11) is 0. The largest absolute Gasteiger partial charge is 0.476 e.